The predicted molar refractivity (Wildman–Crippen MR) is 77.8 cm³/mol. The zero-order valence-corrected chi connectivity index (χ0v) is 13.0. The van der Waals surface area contributed by atoms with Crippen molar-refractivity contribution in [1.29, 1.82) is 0 Å². The van der Waals surface area contributed by atoms with Crippen molar-refractivity contribution in [2.45, 2.75) is 38.2 Å². The molecule has 0 aliphatic carbocycles. The van der Waals surface area contributed by atoms with Crippen LogP contribution in [0.4, 0.5) is 4.39 Å². The van der Waals surface area contributed by atoms with E-state index in [2.05, 4.69) is 15.9 Å². The van der Waals surface area contributed by atoms with Crippen LogP contribution in [-0.4, -0.2) is 25.6 Å². The number of Topliss-reactive ketones (excluding diaryl/α,β-unsaturated/α-hetero) is 1. The van der Waals surface area contributed by atoms with Gasteiger partial charge in [0.15, 0.2) is 5.78 Å². The highest BCUT2D eigenvalue weighted by Gasteiger charge is 2.19. The molecule has 1 aromatic carbocycles. The molecule has 110 valence electrons. The Labute approximate surface area is 126 Å². The second-order valence-corrected chi connectivity index (χ2v) is 5.77. The van der Waals surface area contributed by atoms with E-state index in [4.69, 9.17) is 9.47 Å². The van der Waals surface area contributed by atoms with Gasteiger partial charge in [-0.2, -0.15) is 0 Å². The highest BCUT2D eigenvalue weighted by atomic mass is 79.9. The summed E-state index contributed by atoms with van der Waals surface area (Å²) in [5.41, 5.74) is 0.414. The summed E-state index contributed by atoms with van der Waals surface area (Å²) in [7, 11) is 1.43. The van der Waals surface area contributed by atoms with E-state index in [1.807, 2.05) is 0 Å². The zero-order valence-electron chi connectivity index (χ0n) is 11.5. The normalized spacial score (nSPS) is 18.9. The number of carbonyl (C=O) groups excluding carboxylic acids is 1. The monoisotopic (exact) mass is 344 g/mol. The first-order valence-corrected chi connectivity index (χ1v) is 7.59. The van der Waals surface area contributed by atoms with E-state index in [9.17, 15) is 9.18 Å². The SMILES string of the molecule is COc1cc(F)c(Br)cc1C(=O)CCC1CCCCO1. The van der Waals surface area contributed by atoms with E-state index < -0.39 is 5.82 Å². The van der Waals surface area contributed by atoms with Gasteiger partial charge in [-0.05, 0) is 47.7 Å². The second-order valence-electron chi connectivity index (χ2n) is 4.92. The van der Waals surface area contributed by atoms with Crippen molar-refractivity contribution in [3.8, 4) is 5.75 Å². The minimum atomic E-state index is -0.436. The van der Waals surface area contributed by atoms with Crippen molar-refractivity contribution in [1.82, 2.24) is 0 Å². The highest BCUT2D eigenvalue weighted by molar-refractivity contribution is 9.10. The molecule has 1 aliphatic rings. The quantitative estimate of drug-likeness (QED) is 0.753. The first-order valence-electron chi connectivity index (χ1n) is 6.79. The first kappa shape index (κ1) is 15.4. The van der Waals surface area contributed by atoms with Crippen molar-refractivity contribution in [3.63, 3.8) is 0 Å². The summed E-state index contributed by atoms with van der Waals surface area (Å²) in [4.78, 5) is 12.3. The number of ketones is 1. The lowest BCUT2D eigenvalue weighted by Crippen LogP contribution is -2.20. The van der Waals surface area contributed by atoms with Gasteiger partial charge in [0.05, 0.1) is 23.2 Å². The second kappa shape index (κ2) is 7.18. The van der Waals surface area contributed by atoms with Gasteiger partial charge in [0, 0.05) is 19.1 Å². The van der Waals surface area contributed by atoms with E-state index in [0.29, 0.717) is 18.4 Å². The van der Waals surface area contributed by atoms with Crippen LogP contribution < -0.4 is 4.74 Å². The zero-order chi connectivity index (χ0) is 14.5. The van der Waals surface area contributed by atoms with Crippen molar-refractivity contribution >= 4 is 21.7 Å². The molecule has 1 heterocycles. The molecule has 1 fully saturated rings. The number of methoxy groups -OCH3 is 1. The van der Waals surface area contributed by atoms with E-state index >= 15 is 0 Å². The standard InChI is InChI=1S/C15H18BrFO3/c1-19-15-9-13(17)12(16)8-11(15)14(18)6-5-10-4-2-3-7-20-10/h8-10H,2-7H2,1H3. The molecule has 1 aromatic rings. The van der Waals surface area contributed by atoms with Crippen LogP contribution >= 0.6 is 15.9 Å². The third kappa shape index (κ3) is 3.79. The summed E-state index contributed by atoms with van der Waals surface area (Å²) in [5, 5.41) is 0. The lowest BCUT2D eigenvalue weighted by atomic mass is 10.00. The van der Waals surface area contributed by atoms with Gasteiger partial charge in [-0.3, -0.25) is 4.79 Å². The van der Waals surface area contributed by atoms with Crippen molar-refractivity contribution in [3.05, 3.63) is 28.0 Å². The molecule has 1 aliphatic heterocycles. The molecular formula is C15H18BrFO3. The summed E-state index contributed by atoms with van der Waals surface area (Å²) in [6, 6.07) is 2.71. The molecule has 2 rings (SSSR count). The average Bonchev–Trinajstić information content (AvgIpc) is 2.48. The van der Waals surface area contributed by atoms with E-state index in [1.54, 1.807) is 0 Å². The molecule has 1 unspecified atom stereocenters. The van der Waals surface area contributed by atoms with Crippen LogP contribution in [0.5, 0.6) is 5.75 Å². The predicted octanol–water partition coefficient (Wildman–Crippen LogP) is 4.13. The van der Waals surface area contributed by atoms with Gasteiger partial charge < -0.3 is 9.47 Å². The highest BCUT2D eigenvalue weighted by Crippen LogP contribution is 2.28. The molecule has 0 amide bonds. The summed E-state index contributed by atoms with van der Waals surface area (Å²) in [6.07, 6.45) is 4.53. The van der Waals surface area contributed by atoms with Crippen LogP contribution in [0, 0.1) is 5.82 Å². The fourth-order valence-corrected chi connectivity index (χ4v) is 2.72. The average molecular weight is 345 g/mol. The summed E-state index contributed by atoms with van der Waals surface area (Å²) < 4.78 is 24.4. The molecule has 0 saturated carbocycles. The fraction of sp³-hybridized carbons (Fsp3) is 0.533. The molecular weight excluding hydrogens is 327 g/mol. The maximum Gasteiger partial charge on any atom is 0.166 e. The van der Waals surface area contributed by atoms with Crippen molar-refractivity contribution in [2.75, 3.05) is 13.7 Å². The fourth-order valence-electron chi connectivity index (χ4n) is 2.38. The largest absolute Gasteiger partial charge is 0.496 e. The Morgan fingerprint density at radius 3 is 2.95 bits per heavy atom. The smallest absolute Gasteiger partial charge is 0.166 e. The van der Waals surface area contributed by atoms with Gasteiger partial charge in [-0.1, -0.05) is 0 Å². The molecule has 0 radical (unpaired) electrons. The van der Waals surface area contributed by atoms with E-state index in [0.717, 1.165) is 25.9 Å². The summed E-state index contributed by atoms with van der Waals surface area (Å²) in [5.74, 6) is -0.203. The lowest BCUT2D eigenvalue weighted by Gasteiger charge is -2.22. The van der Waals surface area contributed by atoms with Crippen LogP contribution in [0.25, 0.3) is 0 Å². The summed E-state index contributed by atoms with van der Waals surface area (Å²) >= 11 is 3.10. The van der Waals surface area contributed by atoms with Gasteiger partial charge >= 0.3 is 0 Å². The van der Waals surface area contributed by atoms with Gasteiger partial charge in [0.25, 0.3) is 0 Å². The number of carbonyl (C=O) groups is 1. The van der Waals surface area contributed by atoms with Crippen LogP contribution in [0.2, 0.25) is 0 Å². The summed E-state index contributed by atoms with van der Waals surface area (Å²) in [6.45, 7) is 0.782. The number of halogens is 2. The third-order valence-electron chi connectivity index (χ3n) is 3.51. The number of rotatable bonds is 5. The van der Waals surface area contributed by atoms with E-state index in [1.165, 1.54) is 19.2 Å². The third-order valence-corrected chi connectivity index (χ3v) is 4.12. The minimum Gasteiger partial charge on any atom is -0.496 e. The Hall–Kier alpha value is -0.940. The van der Waals surface area contributed by atoms with Gasteiger partial charge in [0.1, 0.15) is 11.6 Å². The van der Waals surface area contributed by atoms with Crippen molar-refractivity contribution < 1.29 is 18.7 Å². The van der Waals surface area contributed by atoms with Crippen LogP contribution in [-0.2, 0) is 4.74 Å². The van der Waals surface area contributed by atoms with E-state index in [-0.39, 0.29) is 22.1 Å². The molecule has 20 heavy (non-hydrogen) atoms. The topological polar surface area (TPSA) is 35.5 Å². The first-order chi connectivity index (χ1) is 9.61. The molecule has 0 N–H and O–H groups in total. The van der Waals surface area contributed by atoms with Crippen LogP contribution in [0.3, 0.4) is 0 Å². The molecule has 1 saturated heterocycles. The van der Waals surface area contributed by atoms with Crippen LogP contribution in [0.1, 0.15) is 42.5 Å². The van der Waals surface area contributed by atoms with Crippen molar-refractivity contribution in [2.24, 2.45) is 0 Å². The number of hydrogen-bond donors (Lipinski definition) is 0. The Balaban J connectivity index is 2.02. The Morgan fingerprint density at radius 1 is 1.50 bits per heavy atom. The van der Waals surface area contributed by atoms with Gasteiger partial charge in [-0.15, -0.1) is 0 Å². The lowest BCUT2D eigenvalue weighted by molar-refractivity contribution is 0.0104. The Bertz CT molecular complexity index is 484. The maximum atomic E-state index is 13.4. The molecule has 0 bridgehead atoms. The van der Waals surface area contributed by atoms with Gasteiger partial charge in [0.2, 0.25) is 0 Å². The molecule has 1 atom stereocenters. The Morgan fingerprint density at radius 2 is 2.30 bits per heavy atom. The molecule has 5 heteroatoms. The minimum absolute atomic E-state index is 0.0447. The van der Waals surface area contributed by atoms with Gasteiger partial charge in [-0.25, -0.2) is 4.39 Å². The number of benzene rings is 1. The molecule has 0 spiro atoms. The molecule has 3 nitrogen and oxygen atoms in total. The number of ether oxygens (including phenoxy) is 2. The van der Waals surface area contributed by atoms with Crippen LogP contribution in [0.15, 0.2) is 16.6 Å². The number of hydrogen-bond acceptors (Lipinski definition) is 3. The maximum absolute atomic E-state index is 13.4. The Kier molecular flexibility index (Phi) is 5.54. The molecule has 0 aromatic heterocycles.